The smallest absolute Gasteiger partial charge is 0.308 e. The van der Waals surface area contributed by atoms with Gasteiger partial charge in [-0.25, -0.2) is 0 Å². The number of rotatable bonds is 5. The third-order valence-electron chi connectivity index (χ3n) is 6.43. The van der Waals surface area contributed by atoms with Crippen molar-refractivity contribution >= 4 is 5.97 Å². The molecule has 3 unspecified atom stereocenters. The highest BCUT2D eigenvalue weighted by atomic mass is 16.5. The molecular formula is C25H32O3. The van der Waals surface area contributed by atoms with Crippen LogP contribution in [0.5, 0.6) is 11.5 Å². The summed E-state index contributed by atoms with van der Waals surface area (Å²) in [5.74, 6) is 3.03. The van der Waals surface area contributed by atoms with Gasteiger partial charge >= 0.3 is 5.97 Å². The molecule has 0 N–H and O–H groups in total. The van der Waals surface area contributed by atoms with Gasteiger partial charge in [0, 0.05) is 6.92 Å². The molecule has 150 valence electrons. The first-order valence-corrected chi connectivity index (χ1v) is 10.3. The van der Waals surface area contributed by atoms with Gasteiger partial charge in [0.2, 0.25) is 0 Å². The van der Waals surface area contributed by atoms with Gasteiger partial charge in [-0.3, -0.25) is 4.79 Å². The molecule has 0 aliphatic heterocycles. The first kappa shape index (κ1) is 20.4. The van der Waals surface area contributed by atoms with Crippen LogP contribution in [0.25, 0.3) is 0 Å². The Bertz CT molecular complexity index is 792. The van der Waals surface area contributed by atoms with Crippen molar-refractivity contribution in [3.63, 3.8) is 0 Å². The molecule has 1 fully saturated rings. The molecule has 0 bridgehead atoms. The standard InChI is InChI=1S/C25H32O3/c1-17(2)23-14-15-25(4,20-8-12-21(27-5)13-9-20)16-24(23)19-6-10-22(11-7-19)28-18(3)26/h6-13,17,23-24H,14-16H2,1-5H3. The Kier molecular flexibility index (Phi) is 6.12. The van der Waals surface area contributed by atoms with E-state index in [1.807, 2.05) is 12.1 Å². The van der Waals surface area contributed by atoms with Crippen LogP contribution >= 0.6 is 0 Å². The zero-order valence-corrected chi connectivity index (χ0v) is 17.7. The molecule has 3 atom stereocenters. The van der Waals surface area contributed by atoms with Gasteiger partial charge in [0.05, 0.1) is 7.11 Å². The molecule has 1 saturated carbocycles. The van der Waals surface area contributed by atoms with Crippen molar-refractivity contribution in [1.82, 2.24) is 0 Å². The summed E-state index contributed by atoms with van der Waals surface area (Å²) in [4.78, 5) is 11.2. The van der Waals surface area contributed by atoms with Gasteiger partial charge in [-0.15, -0.1) is 0 Å². The van der Waals surface area contributed by atoms with Crippen molar-refractivity contribution in [2.75, 3.05) is 7.11 Å². The van der Waals surface area contributed by atoms with E-state index in [4.69, 9.17) is 9.47 Å². The number of hydrogen-bond acceptors (Lipinski definition) is 3. The molecule has 0 radical (unpaired) electrons. The summed E-state index contributed by atoms with van der Waals surface area (Å²) in [5.41, 5.74) is 2.88. The van der Waals surface area contributed by atoms with Crippen LogP contribution in [0, 0.1) is 11.8 Å². The predicted octanol–water partition coefficient (Wildman–Crippen LogP) is 6.12. The van der Waals surface area contributed by atoms with Crippen LogP contribution in [0.1, 0.15) is 64.0 Å². The molecule has 0 heterocycles. The second-order valence-electron chi connectivity index (χ2n) is 8.71. The third kappa shape index (κ3) is 4.40. The molecular weight excluding hydrogens is 348 g/mol. The highest BCUT2D eigenvalue weighted by Crippen LogP contribution is 2.50. The summed E-state index contributed by atoms with van der Waals surface area (Å²) in [7, 11) is 1.71. The fourth-order valence-corrected chi connectivity index (χ4v) is 4.79. The van der Waals surface area contributed by atoms with E-state index >= 15 is 0 Å². The molecule has 2 aromatic rings. The van der Waals surface area contributed by atoms with Gasteiger partial charge in [-0.1, -0.05) is 45.0 Å². The normalized spacial score (nSPS) is 24.8. The first-order valence-electron chi connectivity index (χ1n) is 10.3. The van der Waals surface area contributed by atoms with Gasteiger partial charge in [-0.2, -0.15) is 0 Å². The molecule has 0 amide bonds. The lowest BCUT2D eigenvalue weighted by molar-refractivity contribution is -0.131. The number of ether oxygens (including phenoxy) is 2. The second kappa shape index (κ2) is 8.38. The Morgan fingerprint density at radius 3 is 2.18 bits per heavy atom. The quantitative estimate of drug-likeness (QED) is 0.463. The molecule has 0 saturated heterocycles. The van der Waals surface area contributed by atoms with Crippen molar-refractivity contribution in [1.29, 1.82) is 0 Å². The Labute approximate surface area is 169 Å². The highest BCUT2D eigenvalue weighted by Gasteiger charge is 2.40. The van der Waals surface area contributed by atoms with Gasteiger partial charge in [-0.05, 0) is 77.8 Å². The molecule has 3 nitrogen and oxygen atoms in total. The second-order valence-corrected chi connectivity index (χ2v) is 8.71. The van der Waals surface area contributed by atoms with Crippen LogP contribution in [-0.2, 0) is 10.2 Å². The van der Waals surface area contributed by atoms with Crippen molar-refractivity contribution < 1.29 is 14.3 Å². The van der Waals surface area contributed by atoms with Gasteiger partial charge < -0.3 is 9.47 Å². The minimum absolute atomic E-state index is 0.150. The lowest BCUT2D eigenvalue weighted by Crippen LogP contribution is -2.35. The van der Waals surface area contributed by atoms with Crippen molar-refractivity contribution in [3.05, 3.63) is 59.7 Å². The summed E-state index contributed by atoms with van der Waals surface area (Å²) < 4.78 is 10.5. The van der Waals surface area contributed by atoms with E-state index in [9.17, 15) is 4.79 Å². The molecule has 1 aliphatic rings. The van der Waals surface area contributed by atoms with E-state index in [1.165, 1.54) is 30.9 Å². The largest absolute Gasteiger partial charge is 0.497 e. The topological polar surface area (TPSA) is 35.5 Å². The molecule has 1 aliphatic carbocycles. The van der Waals surface area contributed by atoms with Crippen LogP contribution in [0.15, 0.2) is 48.5 Å². The zero-order valence-electron chi connectivity index (χ0n) is 17.7. The SMILES string of the molecule is COc1ccc(C2(C)CCC(C(C)C)C(c3ccc(OC(C)=O)cc3)C2)cc1. The third-order valence-corrected chi connectivity index (χ3v) is 6.43. The zero-order chi connectivity index (χ0) is 20.3. The van der Waals surface area contributed by atoms with E-state index in [-0.39, 0.29) is 11.4 Å². The van der Waals surface area contributed by atoms with Crippen LogP contribution in [0.4, 0.5) is 0 Å². The van der Waals surface area contributed by atoms with Crippen LogP contribution in [0.2, 0.25) is 0 Å². The van der Waals surface area contributed by atoms with Gasteiger partial charge in [0.1, 0.15) is 11.5 Å². The van der Waals surface area contributed by atoms with Crippen LogP contribution in [-0.4, -0.2) is 13.1 Å². The average Bonchev–Trinajstić information content (AvgIpc) is 2.68. The number of hydrogen-bond donors (Lipinski definition) is 0. The van der Waals surface area contributed by atoms with E-state index in [2.05, 4.69) is 57.2 Å². The lowest BCUT2D eigenvalue weighted by Gasteiger charge is -2.45. The van der Waals surface area contributed by atoms with Crippen molar-refractivity contribution in [3.8, 4) is 11.5 Å². The Hall–Kier alpha value is -2.29. The van der Waals surface area contributed by atoms with Crippen LogP contribution < -0.4 is 9.47 Å². The monoisotopic (exact) mass is 380 g/mol. The van der Waals surface area contributed by atoms with E-state index in [0.717, 1.165) is 12.2 Å². The molecule has 28 heavy (non-hydrogen) atoms. The summed E-state index contributed by atoms with van der Waals surface area (Å²) in [5, 5.41) is 0. The number of carbonyl (C=O) groups is 1. The van der Waals surface area contributed by atoms with E-state index in [0.29, 0.717) is 23.5 Å². The minimum Gasteiger partial charge on any atom is -0.497 e. The van der Waals surface area contributed by atoms with Gasteiger partial charge in [0.25, 0.3) is 0 Å². The van der Waals surface area contributed by atoms with E-state index in [1.54, 1.807) is 7.11 Å². The Balaban J connectivity index is 1.88. The fraction of sp³-hybridized carbons (Fsp3) is 0.480. The Morgan fingerprint density at radius 1 is 1.04 bits per heavy atom. The maximum atomic E-state index is 11.2. The van der Waals surface area contributed by atoms with Gasteiger partial charge in [0.15, 0.2) is 0 Å². The molecule has 2 aromatic carbocycles. The number of esters is 1. The molecule has 0 aromatic heterocycles. The maximum absolute atomic E-state index is 11.2. The maximum Gasteiger partial charge on any atom is 0.308 e. The molecule has 3 rings (SSSR count). The number of methoxy groups -OCH3 is 1. The minimum atomic E-state index is -0.280. The molecule has 0 spiro atoms. The molecule has 3 heteroatoms. The van der Waals surface area contributed by atoms with E-state index < -0.39 is 0 Å². The predicted molar refractivity (Wildman–Crippen MR) is 113 cm³/mol. The summed E-state index contributed by atoms with van der Waals surface area (Å²) in [6.45, 7) is 8.50. The van der Waals surface area contributed by atoms with Crippen LogP contribution in [0.3, 0.4) is 0 Å². The first-order chi connectivity index (χ1) is 13.3. The number of carbonyl (C=O) groups excluding carboxylic acids is 1. The highest BCUT2D eigenvalue weighted by molar-refractivity contribution is 5.69. The van der Waals surface area contributed by atoms with Crippen molar-refractivity contribution in [2.24, 2.45) is 11.8 Å². The summed E-state index contributed by atoms with van der Waals surface area (Å²) >= 11 is 0. The number of benzene rings is 2. The fourth-order valence-electron chi connectivity index (χ4n) is 4.79. The summed E-state index contributed by atoms with van der Waals surface area (Å²) in [6, 6.07) is 16.7. The average molecular weight is 381 g/mol. The lowest BCUT2D eigenvalue weighted by atomic mass is 9.59. The summed E-state index contributed by atoms with van der Waals surface area (Å²) in [6.07, 6.45) is 3.54. The van der Waals surface area contributed by atoms with Crippen molar-refractivity contribution in [2.45, 2.75) is 58.3 Å². The Morgan fingerprint density at radius 2 is 1.64 bits per heavy atom.